The van der Waals surface area contributed by atoms with E-state index < -0.39 is 20.0 Å². The van der Waals surface area contributed by atoms with E-state index in [0.29, 0.717) is 17.4 Å². The van der Waals surface area contributed by atoms with Crippen molar-refractivity contribution >= 4 is 13.7 Å². The summed E-state index contributed by atoms with van der Waals surface area (Å²) in [6, 6.07) is -0.847. The van der Waals surface area contributed by atoms with Gasteiger partial charge in [0.15, 0.2) is 0 Å². The van der Waals surface area contributed by atoms with E-state index in [-0.39, 0.29) is 19.1 Å². The van der Waals surface area contributed by atoms with Gasteiger partial charge in [0.05, 0.1) is 39.9 Å². The molecule has 0 aliphatic rings. The normalized spacial score (nSPS) is 14.5. The van der Waals surface area contributed by atoms with Crippen molar-refractivity contribution in [2.75, 3.05) is 40.9 Å². The third kappa shape index (κ3) is 53.6. The van der Waals surface area contributed by atoms with Crippen LogP contribution in [0.15, 0.2) is 72.9 Å². The number of aliphatic hydroxyl groups excluding tert-OH is 1. The molecule has 69 heavy (non-hydrogen) atoms. The van der Waals surface area contributed by atoms with Gasteiger partial charge in [-0.1, -0.05) is 254 Å². The molecule has 3 atom stereocenters. The summed E-state index contributed by atoms with van der Waals surface area (Å²) < 4.78 is 23.7. The maximum Gasteiger partial charge on any atom is 0.472 e. The number of rotatable bonds is 52. The van der Waals surface area contributed by atoms with Crippen LogP contribution in [-0.2, 0) is 18.4 Å². The molecule has 402 valence electrons. The molecule has 0 aromatic heterocycles. The van der Waals surface area contributed by atoms with Crippen molar-refractivity contribution in [3.05, 3.63) is 72.9 Å². The first-order valence-corrected chi connectivity index (χ1v) is 30.3. The molecule has 0 aromatic rings. The van der Waals surface area contributed by atoms with Gasteiger partial charge in [-0.15, -0.1) is 0 Å². The van der Waals surface area contributed by atoms with Crippen LogP contribution in [0.4, 0.5) is 0 Å². The number of likely N-dealkylation sites (N-methyl/N-ethyl adjacent to an activating group) is 1. The lowest BCUT2D eigenvalue weighted by Crippen LogP contribution is -2.45. The minimum atomic E-state index is -4.34. The van der Waals surface area contributed by atoms with Crippen LogP contribution < -0.4 is 5.32 Å². The van der Waals surface area contributed by atoms with Crippen LogP contribution in [0.2, 0.25) is 0 Å². The molecular formula is C60H112N2O6P+. The Labute approximate surface area is 427 Å². The Morgan fingerprint density at radius 3 is 1.28 bits per heavy atom. The van der Waals surface area contributed by atoms with Crippen molar-refractivity contribution in [1.82, 2.24) is 5.32 Å². The Balaban J connectivity index is 4.06. The number of allylic oxidation sites excluding steroid dienone is 11. The number of amides is 1. The zero-order valence-electron chi connectivity index (χ0n) is 45.8. The fourth-order valence-corrected chi connectivity index (χ4v) is 8.92. The number of hydrogen-bond acceptors (Lipinski definition) is 5. The van der Waals surface area contributed by atoms with Gasteiger partial charge in [-0.05, 0) is 64.2 Å². The maximum atomic E-state index is 13.0. The summed E-state index contributed by atoms with van der Waals surface area (Å²) in [5, 5.41) is 13.9. The molecule has 0 saturated heterocycles. The molecule has 0 radical (unpaired) electrons. The molecule has 9 heteroatoms. The van der Waals surface area contributed by atoms with Gasteiger partial charge < -0.3 is 19.8 Å². The smallest absolute Gasteiger partial charge is 0.387 e. The van der Waals surface area contributed by atoms with E-state index in [1.54, 1.807) is 6.08 Å². The van der Waals surface area contributed by atoms with Crippen LogP contribution in [0.1, 0.15) is 251 Å². The molecule has 3 N–H and O–H groups in total. The molecule has 0 aliphatic heterocycles. The molecule has 0 aliphatic carbocycles. The van der Waals surface area contributed by atoms with Crippen LogP contribution in [0.25, 0.3) is 0 Å². The van der Waals surface area contributed by atoms with Gasteiger partial charge in [-0.25, -0.2) is 4.57 Å². The van der Waals surface area contributed by atoms with E-state index in [0.717, 1.165) is 70.6 Å². The number of aliphatic hydroxyl groups is 1. The van der Waals surface area contributed by atoms with Gasteiger partial charge in [0.25, 0.3) is 0 Å². The average Bonchev–Trinajstić information content (AvgIpc) is 3.31. The van der Waals surface area contributed by atoms with Gasteiger partial charge in [0.2, 0.25) is 5.91 Å². The number of carbonyl (C=O) groups is 1. The molecule has 0 aromatic carbocycles. The predicted molar refractivity (Wildman–Crippen MR) is 300 cm³/mol. The number of quaternary nitrogens is 1. The third-order valence-corrected chi connectivity index (χ3v) is 13.7. The highest BCUT2D eigenvalue weighted by Crippen LogP contribution is 2.43. The molecule has 8 nitrogen and oxygen atoms in total. The quantitative estimate of drug-likeness (QED) is 0.0243. The van der Waals surface area contributed by atoms with Crippen molar-refractivity contribution in [2.24, 2.45) is 0 Å². The Bertz CT molecular complexity index is 1350. The highest BCUT2D eigenvalue weighted by Gasteiger charge is 2.27. The van der Waals surface area contributed by atoms with E-state index in [4.69, 9.17) is 9.05 Å². The van der Waals surface area contributed by atoms with Crippen LogP contribution in [0, 0.1) is 0 Å². The highest BCUT2D eigenvalue weighted by atomic mass is 31.2. The van der Waals surface area contributed by atoms with E-state index in [9.17, 15) is 19.4 Å². The molecule has 0 heterocycles. The molecule has 0 spiro atoms. The van der Waals surface area contributed by atoms with Gasteiger partial charge >= 0.3 is 7.82 Å². The summed E-state index contributed by atoms with van der Waals surface area (Å²) >= 11 is 0. The number of nitrogens with one attached hydrogen (secondary N) is 1. The summed E-state index contributed by atoms with van der Waals surface area (Å²) in [4.78, 5) is 23.3. The number of nitrogens with zero attached hydrogens (tertiary/aromatic N) is 1. The van der Waals surface area contributed by atoms with Crippen molar-refractivity contribution in [2.45, 2.75) is 264 Å². The number of carbonyl (C=O) groups excluding carboxylic acids is 1. The van der Waals surface area contributed by atoms with Crippen LogP contribution in [0.5, 0.6) is 0 Å². The number of unbranched alkanes of at least 4 members (excludes halogenated alkanes) is 29. The lowest BCUT2D eigenvalue weighted by atomic mass is 10.0. The minimum absolute atomic E-state index is 0.0606. The molecule has 1 amide bonds. The second-order valence-corrected chi connectivity index (χ2v) is 22.1. The first-order valence-electron chi connectivity index (χ1n) is 28.8. The second kappa shape index (κ2) is 50.9. The SMILES string of the molecule is CC/C=C\C/C=C\C/C=C\C/C=C\C/C=C\CCCCCCCCCCCCCCCCCCCC(=O)NC(COP(=O)(O)OCC[N+](C)(C)C)C(O)/C=C/CCCCCCCCCCCCCC. The second-order valence-electron chi connectivity index (χ2n) is 20.6. The summed E-state index contributed by atoms with van der Waals surface area (Å²) in [5.74, 6) is -0.177. The van der Waals surface area contributed by atoms with Crippen LogP contribution in [0.3, 0.4) is 0 Å². The van der Waals surface area contributed by atoms with Crippen molar-refractivity contribution in [1.29, 1.82) is 0 Å². The monoisotopic (exact) mass is 988 g/mol. The average molecular weight is 989 g/mol. The Hall–Kier alpha value is -2.06. The number of hydrogen-bond donors (Lipinski definition) is 3. The van der Waals surface area contributed by atoms with Crippen LogP contribution >= 0.6 is 7.82 Å². The zero-order chi connectivity index (χ0) is 50.6. The predicted octanol–water partition coefficient (Wildman–Crippen LogP) is 17.5. The standard InChI is InChI=1S/C60H111N2O6P/c1-6-8-10-12-14-16-18-20-22-23-24-25-26-27-28-29-30-31-32-33-34-35-36-37-38-39-40-42-44-46-48-50-52-54-60(64)61-58(57-68-69(65,66)67-56-55-62(3,4)5)59(63)53-51-49-47-45-43-41-21-19-17-15-13-11-9-7-2/h8,10,14,16,20,22,24-25,27-28,51,53,58-59,63H,6-7,9,11-13,15,17-19,21,23,26,29-50,52,54-57H2,1-5H3,(H-,61,64,65,66)/p+1/b10-8-,16-14-,22-20-,25-24-,28-27-,53-51+. The lowest BCUT2D eigenvalue weighted by molar-refractivity contribution is -0.870. The summed E-state index contributed by atoms with van der Waals surface area (Å²) in [6.45, 7) is 4.71. The van der Waals surface area contributed by atoms with Crippen molar-refractivity contribution in [3.63, 3.8) is 0 Å². The lowest BCUT2D eigenvalue weighted by Gasteiger charge is -2.25. The topological polar surface area (TPSA) is 105 Å². The van der Waals surface area contributed by atoms with Crippen molar-refractivity contribution < 1.29 is 32.9 Å². The van der Waals surface area contributed by atoms with E-state index in [2.05, 4.69) is 79.9 Å². The van der Waals surface area contributed by atoms with Gasteiger partial charge in [-0.2, -0.15) is 0 Å². The Kier molecular flexibility index (Phi) is 49.3. The first-order chi connectivity index (χ1) is 33.5. The van der Waals surface area contributed by atoms with Crippen LogP contribution in [-0.4, -0.2) is 73.4 Å². The third-order valence-electron chi connectivity index (χ3n) is 12.7. The maximum absolute atomic E-state index is 13.0. The fraction of sp³-hybridized carbons (Fsp3) is 0.783. The number of phosphoric acid groups is 1. The van der Waals surface area contributed by atoms with Gasteiger partial charge in [-0.3, -0.25) is 13.8 Å². The summed E-state index contributed by atoms with van der Waals surface area (Å²) in [6.07, 6.45) is 70.0. The summed E-state index contributed by atoms with van der Waals surface area (Å²) in [7, 11) is 1.57. The van der Waals surface area contributed by atoms with Crippen molar-refractivity contribution in [3.8, 4) is 0 Å². The van der Waals surface area contributed by atoms with Gasteiger partial charge in [0.1, 0.15) is 13.2 Å². The molecule has 0 rings (SSSR count). The Morgan fingerprint density at radius 2 is 0.870 bits per heavy atom. The van der Waals surface area contributed by atoms with E-state index in [1.807, 2.05) is 27.2 Å². The number of phosphoric ester groups is 1. The summed E-state index contributed by atoms with van der Waals surface area (Å²) in [5.41, 5.74) is 0. The molecule has 3 unspecified atom stereocenters. The molecule has 0 bridgehead atoms. The fourth-order valence-electron chi connectivity index (χ4n) is 8.19. The molecule has 0 fully saturated rings. The molecule has 0 saturated carbocycles. The first kappa shape index (κ1) is 66.9. The van der Waals surface area contributed by atoms with E-state index in [1.165, 1.54) is 161 Å². The zero-order valence-corrected chi connectivity index (χ0v) is 46.7. The Morgan fingerprint density at radius 1 is 0.507 bits per heavy atom. The molecular weight excluding hydrogens is 876 g/mol. The van der Waals surface area contributed by atoms with Gasteiger partial charge in [0, 0.05) is 6.42 Å². The minimum Gasteiger partial charge on any atom is -0.387 e. The van der Waals surface area contributed by atoms with E-state index >= 15 is 0 Å². The largest absolute Gasteiger partial charge is 0.472 e. The highest BCUT2D eigenvalue weighted by molar-refractivity contribution is 7.47.